The number of Topliss-reactive ketones (excluding diaryl/α,β-unsaturated/α-hetero) is 1. The molecule has 0 bridgehead atoms. The molecule has 1 aromatic carbocycles. The lowest BCUT2D eigenvalue weighted by Crippen LogP contribution is -2.51. The summed E-state index contributed by atoms with van der Waals surface area (Å²) in [6.45, 7) is 0. The summed E-state index contributed by atoms with van der Waals surface area (Å²) in [5.41, 5.74) is 1.72. The van der Waals surface area contributed by atoms with Crippen LogP contribution in [-0.2, 0) is 4.79 Å². The lowest BCUT2D eigenvalue weighted by atomic mass is 9.81. The van der Waals surface area contributed by atoms with E-state index in [9.17, 15) is 9.59 Å². The van der Waals surface area contributed by atoms with Gasteiger partial charge in [-0.2, -0.15) is 0 Å². The number of benzene rings is 1. The van der Waals surface area contributed by atoms with Gasteiger partial charge in [0.1, 0.15) is 5.78 Å². The molecule has 1 aromatic rings. The summed E-state index contributed by atoms with van der Waals surface area (Å²) in [5, 5.41) is 5.59. The first-order valence-corrected chi connectivity index (χ1v) is 6.11. The minimum absolute atomic E-state index is 0.189. The van der Waals surface area contributed by atoms with E-state index >= 15 is 0 Å². The maximum atomic E-state index is 12.1. The van der Waals surface area contributed by atoms with E-state index in [1.165, 1.54) is 0 Å². The lowest BCUT2D eigenvalue weighted by Gasteiger charge is -2.36. The fraction of sp³-hybridized carbons (Fsp3) is 0.286. The van der Waals surface area contributed by atoms with Crippen LogP contribution in [0.1, 0.15) is 24.4 Å². The highest BCUT2D eigenvalue weighted by molar-refractivity contribution is 5.90. The Morgan fingerprint density at radius 3 is 2.67 bits per heavy atom. The summed E-state index contributed by atoms with van der Waals surface area (Å²) in [4.78, 5) is 23.7. The Hall–Kier alpha value is -2.10. The molecule has 1 aliphatic carbocycles. The second-order valence-electron chi connectivity index (χ2n) is 4.63. The third kappa shape index (κ3) is 1.79. The SMILES string of the molecule is O=C1NC2=CCCC(=O)[C@@H]2[C@@H](c2ccccc2)N1. The molecule has 2 N–H and O–H groups in total. The molecule has 3 rings (SSSR count). The average Bonchev–Trinajstić information content (AvgIpc) is 2.39. The Morgan fingerprint density at radius 2 is 1.89 bits per heavy atom. The Morgan fingerprint density at radius 1 is 1.11 bits per heavy atom. The summed E-state index contributed by atoms with van der Waals surface area (Å²) in [7, 11) is 0. The maximum Gasteiger partial charge on any atom is 0.319 e. The molecule has 0 unspecified atom stereocenters. The molecule has 18 heavy (non-hydrogen) atoms. The van der Waals surface area contributed by atoms with Gasteiger partial charge in [0.15, 0.2) is 0 Å². The Kier molecular flexibility index (Phi) is 2.63. The molecule has 4 nitrogen and oxygen atoms in total. The zero-order valence-corrected chi connectivity index (χ0v) is 9.85. The number of hydrogen-bond donors (Lipinski definition) is 2. The van der Waals surface area contributed by atoms with Gasteiger partial charge in [-0.3, -0.25) is 4.79 Å². The fourth-order valence-corrected chi connectivity index (χ4v) is 2.65. The van der Waals surface area contributed by atoms with Gasteiger partial charge in [-0.25, -0.2) is 4.79 Å². The van der Waals surface area contributed by atoms with Crippen molar-refractivity contribution in [1.82, 2.24) is 10.6 Å². The first-order valence-electron chi connectivity index (χ1n) is 6.11. The molecule has 0 radical (unpaired) electrons. The second kappa shape index (κ2) is 4.29. The summed E-state index contributed by atoms with van der Waals surface area (Å²) in [6, 6.07) is 9.15. The van der Waals surface area contributed by atoms with E-state index in [4.69, 9.17) is 0 Å². The van der Waals surface area contributed by atoms with E-state index in [2.05, 4.69) is 10.6 Å². The molecule has 1 aliphatic heterocycles. The van der Waals surface area contributed by atoms with Gasteiger partial charge in [0.05, 0.1) is 12.0 Å². The molecule has 4 heteroatoms. The lowest BCUT2D eigenvalue weighted by molar-refractivity contribution is -0.123. The van der Waals surface area contributed by atoms with Crippen LogP contribution in [0, 0.1) is 5.92 Å². The molecule has 2 amide bonds. The van der Waals surface area contributed by atoms with Gasteiger partial charge in [-0.15, -0.1) is 0 Å². The van der Waals surface area contributed by atoms with Crippen LogP contribution >= 0.6 is 0 Å². The van der Waals surface area contributed by atoms with Crippen molar-refractivity contribution in [2.45, 2.75) is 18.9 Å². The van der Waals surface area contributed by atoms with Crippen molar-refractivity contribution >= 4 is 11.8 Å². The van der Waals surface area contributed by atoms with Crippen molar-refractivity contribution in [3.63, 3.8) is 0 Å². The number of fused-ring (bicyclic) bond motifs is 1. The van der Waals surface area contributed by atoms with Crippen LogP contribution in [0.5, 0.6) is 0 Å². The van der Waals surface area contributed by atoms with Gasteiger partial charge < -0.3 is 10.6 Å². The van der Waals surface area contributed by atoms with Crippen molar-refractivity contribution in [2.75, 3.05) is 0 Å². The van der Waals surface area contributed by atoms with Crippen molar-refractivity contribution in [3.8, 4) is 0 Å². The Labute approximate surface area is 105 Å². The van der Waals surface area contributed by atoms with Crippen LogP contribution < -0.4 is 10.6 Å². The number of carbonyl (C=O) groups is 2. The first-order chi connectivity index (χ1) is 8.75. The molecule has 2 atom stereocenters. The quantitative estimate of drug-likeness (QED) is 0.790. The average molecular weight is 242 g/mol. The number of allylic oxidation sites excluding steroid dienone is 1. The highest BCUT2D eigenvalue weighted by Gasteiger charge is 2.39. The molecular formula is C14H14N2O2. The van der Waals surface area contributed by atoms with Crippen molar-refractivity contribution in [3.05, 3.63) is 47.7 Å². The smallest absolute Gasteiger partial charge is 0.319 e. The number of hydrogen-bond acceptors (Lipinski definition) is 2. The van der Waals surface area contributed by atoms with Crippen LogP contribution in [0.4, 0.5) is 4.79 Å². The second-order valence-corrected chi connectivity index (χ2v) is 4.63. The third-order valence-electron chi connectivity index (χ3n) is 3.47. The van der Waals surface area contributed by atoms with E-state index in [1.807, 2.05) is 36.4 Å². The molecule has 1 fully saturated rings. The largest absolute Gasteiger partial charge is 0.330 e. The van der Waals surface area contributed by atoms with E-state index in [0.717, 1.165) is 11.3 Å². The zero-order chi connectivity index (χ0) is 12.5. The maximum absolute atomic E-state index is 12.1. The van der Waals surface area contributed by atoms with Crippen LogP contribution in [0.2, 0.25) is 0 Å². The van der Waals surface area contributed by atoms with Crippen molar-refractivity contribution in [2.24, 2.45) is 5.92 Å². The van der Waals surface area contributed by atoms with Crippen LogP contribution in [-0.4, -0.2) is 11.8 Å². The van der Waals surface area contributed by atoms with Crippen molar-refractivity contribution in [1.29, 1.82) is 0 Å². The topological polar surface area (TPSA) is 58.2 Å². The van der Waals surface area contributed by atoms with E-state index < -0.39 is 0 Å². The minimum atomic E-state index is -0.265. The third-order valence-corrected chi connectivity index (χ3v) is 3.47. The molecule has 0 spiro atoms. The summed E-state index contributed by atoms with van der Waals surface area (Å²) >= 11 is 0. The number of ketones is 1. The molecular weight excluding hydrogens is 228 g/mol. The predicted molar refractivity (Wildman–Crippen MR) is 66.7 cm³/mol. The summed E-state index contributed by atoms with van der Waals surface area (Å²) in [6.07, 6.45) is 3.22. The number of rotatable bonds is 1. The number of urea groups is 1. The van der Waals surface area contributed by atoms with Gasteiger partial charge in [-0.05, 0) is 12.0 Å². The standard InChI is InChI=1S/C14H14N2O2/c17-11-8-4-7-10-12(11)13(16-14(18)15-10)9-5-2-1-3-6-9/h1-3,5-7,12-13H,4,8H2,(H2,15,16,18)/t12-,13-/m1/s1. The fourth-order valence-electron chi connectivity index (χ4n) is 2.65. The van der Waals surface area contributed by atoms with Crippen LogP contribution in [0.3, 0.4) is 0 Å². The van der Waals surface area contributed by atoms with E-state index in [1.54, 1.807) is 0 Å². The van der Waals surface area contributed by atoms with E-state index in [0.29, 0.717) is 12.8 Å². The highest BCUT2D eigenvalue weighted by Crippen LogP contribution is 2.34. The summed E-state index contributed by atoms with van der Waals surface area (Å²) < 4.78 is 0. The normalized spacial score (nSPS) is 26.8. The van der Waals surface area contributed by atoms with Crippen molar-refractivity contribution < 1.29 is 9.59 Å². The van der Waals surface area contributed by atoms with Gasteiger partial charge in [-0.1, -0.05) is 36.4 Å². The number of amides is 2. The Balaban J connectivity index is 2.01. The summed E-state index contributed by atoms with van der Waals surface area (Å²) in [5.74, 6) is -0.0762. The molecule has 2 aliphatic rings. The molecule has 0 saturated carbocycles. The van der Waals surface area contributed by atoms with E-state index in [-0.39, 0.29) is 23.8 Å². The van der Waals surface area contributed by atoms with Gasteiger partial charge in [0.25, 0.3) is 0 Å². The molecule has 1 heterocycles. The minimum Gasteiger partial charge on any atom is -0.330 e. The molecule has 0 aromatic heterocycles. The van der Waals surface area contributed by atoms with Gasteiger partial charge in [0, 0.05) is 12.1 Å². The van der Waals surface area contributed by atoms with Gasteiger partial charge >= 0.3 is 6.03 Å². The monoisotopic (exact) mass is 242 g/mol. The molecule has 1 saturated heterocycles. The van der Waals surface area contributed by atoms with Crippen LogP contribution in [0.25, 0.3) is 0 Å². The molecule has 92 valence electrons. The Bertz CT molecular complexity index is 522. The van der Waals surface area contributed by atoms with Gasteiger partial charge in [0.2, 0.25) is 0 Å². The number of nitrogens with one attached hydrogen (secondary N) is 2. The highest BCUT2D eigenvalue weighted by atomic mass is 16.2. The van der Waals surface area contributed by atoms with Crippen LogP contribution in [0.15, 0.2) is 42.1 Å². The zero-order valence-electron chi connectivity index (χ0n) is 9.85. The first kappa shape index (κ1) is 11.0. The predicted octanol–water partition coefficient (Wildman–Crippen LogP) is 1.90. The number of carbonyl (C=O) groups excluding carboxylic acids is 2.